The second-order valence-electron chi connectivity index (χ2n) is 3.26. The van der Waals surface area contributed by atoms with Gasteiger partial charge in [0.2, 0.25) is 0 Å². The fourth-order valence-electron chi connectivity index (χ4n) is 1.25. The van der Waals surface area contributed by atoms with Crippen molar-refractivity contribution in [2.45, 2.75) is 37.1 Å². The fraction of sp³-hybridized carbons (Fsp3) is 1.00. The third-order valence-electron chi connectivity index (χ3n) is 2.14. The summed E-state index contributed by atoms with van der Waals surface area (Å²) in [4.78, 5) is 0. The zero-order valence-electron chi connectivity index (χ0n) is 8.97. The summed E-state index contributed by atoms with van der Waals surface area (Å²) in [5, 5.41) is 0.249. The molecule has 0 bridgehead atoms. The van der Waals surface area contributed by atoms with E-state index in [0.29, 0.717) is 0 Å². The van der Waals surface area contributed by atoms with Crippen molar-refractivity contribution in [3.63, 3.8) is 0 Å². The van der Waals surface area contributed by atoms with Gasteiger partial charge in [0.15, 0.2) is 0 Å². The summed E-state index contributed by atoms with van der Waals surface area (Å²) < 4.78 is 10.4. The molecule has 0 fully saturated rings. The lowest BCUT2D eigenvalue weighted by Crippen LogP contribution is -2.20. The highest BCUT2D eigenvalue weighted by Gasteiger charge is 2.12. The van der Waals surface area contributed by atoms with Crippen LogP contribution in [0.5, 0.6) is 0 Å². The molecule has 14 heavy (non-hydrogen) atoms. The van der Waals surface area contributed by atoms with Crippen molar-refractivity contribution < 1.29 is 8.85 Å². The lowest BCUT2D eigenvalue weighted by Gasteiger charge is -2.13. The summed E-state index contributed by atoms with van der Waals surface area (Å²) in [5.74, 6) is 0.733. The van der Waals surface area contributed by atoms with Gasteiger partial charge in [0, 0.05) is 25.5 Å². The molecule has 0 aromatic carbocycles. The van der Waals surface area contributed by atoms with Gasteiger partial charge in [0.05, 0.1) is 0 Å². The maximum absolute atomic E-state index is 6.14. The van der Waals surface area contributed by atoms with Gasteiger partial charge in [0.1, 0.15) is 0 Å². The summed E-state index contributed by atoms with van der Waals surface area (Å²) in [6, 6.07) is 0.988. The van der Waals surface area contributed by atoms with E-state index in [9.17, 15) is 0 Å². The van der Waals surface area contributed by atoms with Crippen LogP contribution >= 0.6 is 23.2 Å². The highest BCUT2D eigenvalue weighted by molar-refractivity contribution is 6.44. The van der Waals surface area contributed by atoms with Gasteiger partial charge in [-0.3, -0.25) is 0 Å². The van der Waals surface area contributed by atoms with Gasteiger partial charge in [-0.2, -0.15) is 0 Å². The lowest BCUT2D eigenvalue weighted by atomic mass is 10.2. The molecule has 0 saturated heterocycles. The zero-order valence-corrected chi connectivity index (χ0v) is 11.6. The molecular formula is C9H20Cl2O2Si. The Labute approximate surface area is 98.7 Å². The van der Waals surface area contributed by atoms with Crippen LogP contribution in [0.3, 0.4) is 0 Å². The molecule has 0 aliphatic carbocycles. The van der Waals surface area contributed by atoms with Crippen LogP contribution in [-0.2, 0) is 8.85 Å². The van der Waals surface area contributed by atoms with Gasteiger partial charge < -0.3 is 8.85 Å². The van der Waals surface area contributed by atoms with E-state index in [2.05, 4.69) is 0 Å². The average molecular weight is 259 g/mol. The molecule has 0 aliphatic heterocycles. The summed E-state index contributed by atoms with van der Waals surface area (Å²) in [5.41, 5.74) is 0. The van der Waals surface area contributed by atoms with Crippen LogP contribution in [0.4, 0.5) is 0 Å². The summed E-state index contributed by atoms with van der Waals surface area (Å²) in [6.45, 7) is 0. The molecule has 86 valence electrons. The van der Waals surface area contributed by atoms with E-state index in [1.54, 1.807) is 14.2 Å². The van der Waals surface area contributed by atoms with Gasteiger partial charge >= 0.3 is 9.28 Å². The van der Waals surface area contributed by atoms with E-state index in [0.717, 1.165) is 37.6 Å². The monoisotopic (exact) mass is 258 g/mol. The molecule has 2 nitrogen and oxygen atoms in total. The standard InChI is InChI=1S/C9H20Cl2O2Si/c1-12-14(13-2)8-6-9(11)5-3-4-7-10/h9,14H,3-8H2,1-2H3. The van der Waals surface area contributed by atoms with Crippen LogP contribution in [0.25, 0.3) is 0 Å². The Morgan fingerprint density at radius 3 is 2.29 bits per heavy atom. The fourth-order valence-corrected chi connectivity index (χ4v) is 3.27. The Bertz CT molecular complexity index is 123. The minimum Gasteiger partial charge on any atom is -0.400 e. The third kappa shape index (κ3) is 8.06. The first-order valence-electron chi connectivity index (χ1n) is 5.00. The molecule has 0 aromatic rings. The van der Waals surface area contributed by atoms with E-state index in [1.807, 2.05) is 0 Å². The van der Waals surface area contributed by atoms with Crippen molar-refractivity contribution in [2.75, 3.05) is 20.1 Å². The van der Waals surface area contributed by atoms with Crippen molar-refractivity contribution in [3.05, 3.63) is 0 Å². The molecule has 0 rings (SSSR count). The molecule has 0 aliphatic rings. The topological polar surface area (TPSA) is 18.5 Å². The van der Waals surface area contributed by atoms with Gasteiger partial charge in [-0.05, 0) is 25.3 Å². The SMILES string of the molecule is CO[SiH](CCC(Cl)CCCCCl)OC. The van der Waals surface area contributed by atoms with E-state index < -0.39 is 9.28 Å². The van der Waals surface area contributed by atoms with Gasteiger partial charge in [0.25, 0.3) is 0 Å². The van der Waals surface area contributed by atoms with Crippen molar-refractivity contribution in [1.29, 1.82) is 0 Å². The Kier molecular flexibility index (Phi) is 10.8. The summed E-state index contributed by atoms with van der Waals surface area (Å²) in [6.07, 6.45) is 4.20. The molecule has 0 heterocycles. The number of alkyl halides is 2. The lowest BCUT2D eigenvalue weighted by molar-refractivity contribution is 0.276. The normalized spacial score (nSPS) is 13.5. The van der Waals surface area contributed by atoms with Crippen LogP contribution in [0, 0.1) is 0 Å². The number of hydrogen-bond donors (Lipinski definition) is 0. The van der Waals surface area contributed by atoms with Crippen molar-refractivity contribution >= 4 is 32.5 Å². The smallest absolute Gasteiger partial charge is 0.320 e. The second-order valence-corrected chi connectivity index (χ2v) is 6.63. The van der Waals surface area contributed by atoms with Gasteiger partial charge in [-0.1, -0.05) is 6.42 Å². The summed E-state index contributed by atoms with van der Waals surface area (Å²) in [7, 11) is 2.01. The predicted octanol–water partition coefficient (Wildman–Crippen LogP) is 2.91. The first-order valence-corrected chi connectivity index (χ1v) is 7.73. The molecular weight excluding hydrogens is 239 g/mol. The molecule has 0 radical (unpaired) electrons. The van der Waals surface area contributed by atoms with Gasteiger partial charge in [-0.25, -0.2) is 0 Å². The second kappa shape index (κ2) is 10.2. The maximum atomic E-state index is 6.14. The van der Waals surface area contributed by atoms with Crippen LogP contribution in [0.1, 0.15) is 25.7 Å². The van der Waals surface area contributed by atoms with E-state index in [1.165, 1.54) is 0 Å². The van der Waals surface area contributed by atoms with Crippen LogP contribution in [0.15, 0.2) is 0 Å². The highest BCUT2D eigenvalue weighted by Crippen LogP contribution is 2.15. The third-order valence-corrected chi connectivity index (χ3v) is 4.70. The first kappa shape index (κ1) is 14.7. The van der Waals surface area contributed by atoms with Crippen LogP contribution < -0.4 is 0 Å². The number of halogens is 2. The van der Waals surface area contributed by atoms with Crippen molar-refractivity contribution in [1.82, 2.24) is 0 Å². The first-order chi connectivity index (χ1) is 6.74. The molecule has 0 N–H and O–H groups in total. The number of rotatable bonds is 9. The Balaban J connectivity index is 3.37. The molecule has 0 spiro atoms. The van der Waals surface area contributed by atoms with E-state index in [-0.39, 0.29) is 5.38 Å². The average Bonchev–Trinajstić information content (AvgIpc) is 2.20. The van der Waals surface area contributed by atoms with Crippen LogP contribution in [0.2, 0.25) is 6.04 Å². The van der Waals surface area contributed by atoms with Crippen molar-refractivity contribution in [2.24, 2.45) is 0 Å². The molecule has 0 aromatic heterocycles. The maximum Gasteiger partial charge on any atom is 0.320 e. The number of unbranched alkanes of at least 4 members (excludes halogenated alkanes) is 1. The van der Waals surface area contributed by atoms with E-state index >= 15 is 0 Å². The predicted molar refractivity (Wildman–Crippen MR) is 64.8 cm³/mol. The van der Waals surface area contributed by atoms with Crippen LogP contribution in [-0.4, -0.2) is 34.8 Å². The molecule has 1 atom stereocenters. The molecule has 1 unspecified atom stereocenters. The molecule has 0 saturated carbocycles. The quantitative estimate of drug-likeness (QED) is 0.360. The summed E-state index contributed by atoms with van der Waals surface area (Å²) >= 11 is 11.7. The Morgan fingerprint density at radius 2 is 1.79 bits per heavy atom. The van der Waals surface area contributed by atoms with Gasteiger partial charge in [-0.15, -0.1) is 23.2 Å². The Hall–Kier alpha value is 0.717. The van der Waals surface area contributed by atoms with E-state index in [4.69, 9.17) is 32.1 Å². The number of hydrogen-bond acceptors (Lipinski definition) is 2. The molecule has 0 amide bonds. The minimum absolute atomic E-state index is 0.249. The molecule has 5 heteroatoms. The highest BCUT2D eigenvalue weighted by atomic mass is 35.5. The Morgan fingerprint density at radius 1 is 1.14 bits per heavy atom. The largest absolute Gasteiger partial charge is 0.400 e. The zero-order chi connectivity index (χ0) is 10.8. The van der Waals surface area contributed by atoms with Crippen molar-refractivity contribution in [3.8, 4) is 0 Å². The minimum atomic E-state index is -1.40.